The summed E-state index contributed by atoms with van der Waals surface area (Å²) in [6.07, 6.45) is -0.424. The van der Waals surface area contributed by atoms with Crippen LogP contribution in [0.4, 0.5) is 0 Å². The van der Waals surface area contributed by atoms with Crippen molar-refractivity contribution in [2.45, 2.75) is 39.2 Å². The van der Waals surface area contributed by atoms with Gasteiger partial charge < -0.3 is 9.84 Å². The fourth-order valence-electron chi connectivity index (χ4n) is 1.27. The number of rotatable bonds is 3. The monoisotopic (exact) mass is 208 g/mol. The molecule has 15 heavy (non-hydrogen) atoms. The number of hydrogen-bond acceptors (Lipinski definition) is 2. The quantitative estimate of drug-likeness (QED) is 0.827. The molecule has 1 aromatic rings. The Bertz CT molecular complexity index is 293. The van der Waals surface area contributed by atoms with Crippen LogP contribution in [0.3, 0.4) is 0 Å². The summed E-state index contributed by atoms with van der Waals surface area (Å²) in [6.45, 7) is 8.59. The zero-order valence-electron chi connectivity index (χ0n) is 9.95. The minimum Gasteiger partial charge on any atom is -0.491 e. The molecule has 0 heterocycles. The molecule has 1 N–H and O–H groups in total. The van der Waals surface area contributed by atoms with Gasteiger partial charge in [-0.1, -0.05) is 32.9 Å². The van der Waals surface area contributed by atoms with Gasteiger partial charge in [0, 0.05) is 0 Å². The van der Waals surface area contributed by atoms with E-state index in [1.165, 1.54) is 5.56 Å². The molecule has 0 saturated heterocycles. The number of aliphatic hydroxyl groups excluding tert-OH is 1. The Balaban J connectivity index is 2.65. The second-order valence-electron chi connectivity index (χ2n) is 4.93. The molecule has 0 fully saturated rings. The molecule has 0 aliphatic rings. The summed E-state index contributed by atoms with van der Waals surface area (Å²) in [7, 11) is 0. The Labute approximate surface area is 91.9 Å². The van der Waals surface area contributed by atoms with E-state index < -0.39 is 6.10 Å². The fraction of sp³-hybridized carbons (Fsp3) is 0.538. The first-order valence-electron chi connectivity index (χ1n) is 5.31. The molecular formula is C13H20O2. The van der Waals surface area contributed by atoms with E-state index in [-0.39, 0.29) is 5.41 Å². The van der Waals surface area contributed by atoms with Crippen LogP contribution in [-0.2, 0) is 5.41 Å². The van der Waals surface area contributed by atoms with Gasteiger partial charge in [0.25, 0.3) is 0 Å². The van der Waals surface area contributed by atoms with Crippen LogP contribution in [0.15, 0.2) is 24.3 Å². The van der Waals surface area contributed by atoms with E-state index in [0.29, 0.717) is 6.61 Å². The smallest absolute Gasteiger partial charge is 0.119 e. The highest BCUT2D eigenvalue weighted by atomic mass is 16.5. The van der Waals surface area contributed by atoms with Crippen molar-refractivity contribution in [3.05, 3.63) is 29.8 Å². The summed E-state index contributed by atoms with van der Waals surface area (Å²) in [6, 6.07) is 8.03. The number of benzene rings is 1. The average Bonchev–Trinajstić information content (AvgIpc) is 2.14. The van der Waals surface area contributed by atoms with Gasteiger partial charge in [0.1, 0.15) is 12.4 Å². The maximum atomic E-state index is 9.07. The highest BCUT2D eigenvalue weighted by Crippen LogP contribution is 2.24. The molecule has 1 aromatic carbocycles. The molecule has 1 rings (SSSR count). The molecule has 0 aliphatic carbocycles. The van der Waals surface area contributed by atoms with Crippen LogP contribution >= 0.6 is 0 Å². The molecular weight excluding hydrogens is 188 g/mol. The van der Waals surface area contributed by atoms with Crippen molar-refractivity contribution in [2.75, 3.05) is 6.61 Å². The minimum atomic E-state index is -0.424. The Morgan fingerprint density at radius 2 is 1.73 bits per heavy atom. The predicted molar refractivity (Wildman–Crippen MR) is 62.3 cm³/mol. The summed E-state index contributed by atoms with van der Waals surface area (Å²) in [5.74, 6) is 0.809. The standard InChI is InChI=1S/C13H20O2/c1-10(14)9-15-12-7-5-11(6-8-12)13(2,3)4/h5-8,10,14H,9H2,1-4H3/t10-/m1/s1. The highest BCUT2D eigenvalue weighted by molar-refractivity contribution is 5.31. The molecule has 0 aromatic heterocycles. The maximum absolute atomic E-state index is 9.07. The van der Waals surface area contributed by atoms with Crippen LogP contribution in [0.2, 0.25) is 0 Å². The van der Waals surface area contributed by atoms with Gasteiger partial charge in [0.05, 0.1) is 6.10 Å². The van der Waals surface area contributed by atoms with Crippen LogP contribution in [-0.4, -0.2) is 17.8 Å². The van der Waals surface area contributed by atoms with Gasteiger partial charge in [0.2, 0.25) is 0 Å². The van der Waals surface area contributed by atoms with E-state index in [4.69, 9.17) is 9.84 Å². The largest absolute Gasteiger partial charge is 0.491 e. The lowest BCUT2D eigenvalue weighted by Gasteiger charge is -2.19. The van der Waals surface area contributed by atoms with Gasteiger partial charge in [-0.2, -0.15) is 0 Å². The zero-order chi connectivity index (χ0) is 11.5. The third kappa shape index (κ3) is 3.92. The van der Waals surface area contributed by atoms with Crippen molar-refractivity contribution < 1.29 is 9.84 Å². The van der Waals surface area contributed by atoms with Crippen LogP contribution in [0.1, 0.15) is 33.3 Å². The van der Waals surface area contributed by atoms with Crippen LogP contribution in [0.5, 0.6) is 5.75 Å². The second kappa shape index (κ2) is 4.67. The molecule has 0 spiro atoms. The lowest BCUT2D eigenvalue weighted by Crippen LogP contribution is -2.13. The van der Waals surface area contributed by atoms with Gasteiger partial charge in [-0.15, -0.1) is 0 Å². The molecule has 0 amide bonds. The zero-order valence-corrected chi connectivity index (χ0v) is 9.95. The van der Waals surface area contributed by atoms with E-state index >= 15 is 0 Å². The van der Waals surface area contributed by atoms with E-state index in [0.717, 1.165) is 5.75 Å². The topological polar surface area (TPSA) is 29.5 Å². The first-order valence-corrected chi connectivity index (χ1v) is 5.31. The van der Waals surface area contributed by atoms with Crippen molar-refractivity contribution in [2.24, 2.45) is 0 Å². The van der Waals surface area contributed by atoms with Crippen molar-refractivity contribution >= 4 is 0 Å². The number of ether oxygens (including phenoxy) is 1. The molecule has 2 heteroatoms. The molecule has 0 bridgehead atoms. The van der Waals surface area contributed by atoms with Gasteiger partial charge in [-0.05, 0) is 30.0 Å². The lowest BCUT2D eigenvalue weighted by molar-refractivity contribution is 0.122. The molecule has 0 saturated carbocycles. The molecule has 0 radical (unpaired) electrons. The summed E-state index contributed by atoms with van der Waals surface area (Å²) < 4.78 is 5.39. The molecule has 0 aliphatic heterocycles. The van der Waals surface area contributed by atoms with E-state index in [9.17, 15) is 0 Å². The highest BCUT2D eigenvalue weighted by Gasteiger charge is 2.12. The first kappa shape index (κ1) is 12.1. The number of hydrogen-bond donors (Lipinski definition) is 1. The fourth-order valence-corrected chi connectivity index (χ4v) is 1.27. The van der Waals surface area contributed by atoms with E-state index in [1.807, 2.05) is 12.1 Å². The SMILES string of the molecule is C[C@@H](O)COc1ccc(C(C)(C)C)cc1. The van der Waals surface area contributed by atoms with E-state index in [1.54, 1.807) is 6.92 Å². The molecule has 0 unspecified atom stereocenters. The second-order valence-corrected chi connectivity index (χ2v) is 4.93. The van der Waals surface area contributed by atoms with Crippen LogP contribution in [0, 0.1) is 0 Å². The van der Waals surface area contributed by atoms with Crippen molar-refractivity contribution in [3.63, 3.8) is 0 Å². The summed E-state index contributed by atoms with van der Waals surface area (Å²) in [5.41, 5.74) is 1.45. The Morgan fingerprint density at radius 1 is 1.20 bits per heavy atom. The van der Waals surface area contributed by atoms with Gasteiger partial charge in [-0.3, -0.25) is 0 Å². The Kier molecular flexibility index (Phi) is 3.75. The third-order valence-corrected chi connectivity index (χ3v) is 2.21. The van der Waals surface area contributed by atoms with Gasteiger partial charge >= 0.3 is 0 Å². The average molecular weight is 208 g/mol. The van der Waals surface area contributed by atoms with Crippen LogP contribution in [0.25, 0.3) is 0 Å². The lowest BCUT2D eigenvalue weighted by atomic mass is 9.87. The normalized spacial score (nSPS) is 13.7. The first-order chi connectivity index (χ1) is 6.89. The van der Waals surface area contributed by atoms with Crippen molar-refractivity contribution in [1.29, 1.82) is 0 Å². The summed E-state index contributed by atoms with van der Waals surface area (Å²) in [4.78, 5) is 0. The molecule has 84 valence electrons. The molecule has 2 nitrogen and oxygen atoms in total. The van der Waals surface area contributed by atoms with Crippen molar-refractivity contribution in [3.8, 4) is 5.75 Å². The minimum absolute atomic E-state index is 0.169. The predicted octanol–water partition coefficient (Wildman–Crippen LogP) is 2.74. The maximum Gasteiger partial charge on any atom is 0.119 e. The van der Waals surface area contributed by atoms with Gasteiger partial charge in [-0.25, -0.2) is 0 Å². The third-order valence-electron chi connectivity index (χ3n) is 2.21. The van der Waals surface area contributed by atoms with E-state index in [2.05, 4.69) is 32.9 Å². The molecule has 1 atom stereocenters. The number of aliphatic hydroxyl groups is 1. The van der Waals surface area contributed by atoms with Crippen LogP contribution < -0.4 is 4.74 Å². The summed E-state index contributed by atoms with van der Waals surface area (Å²) in [5, 5.41) is 9.07. The van der Waals surface area contributed by atoms with Gasteiger partial charge in [0.15, 0.2) is 0 Å². The Hall–Kier alpha value is -1.02. The van der Waals surface area contributed by atoms with Crippen molar-refractivity contribution in [1.82, 2.24) is 0 Å². The Morgan fingerprint density at radius 3 is 2.13 bits per heavy atom. The summed E-state index contributed by atoms with van der Waals surface area (Å²) >= 11 is 0.